The molecular weight excluding hydrogens is 256 g/mol. The first-order valence-corrected chi connectivity index (χ1v) is 7.38. The first-order chi connectivity index (χ1) is 9.74. The first-order valence-electron chi connectivity index (χ1n) is 7.38. The van der Waals surface area contributed by atoms with E-state index in [1.165, 1.54) is 5.69 Å². The van der Waals surface area contributed by atoms with E-state index >= 15 is 0 Å². The van der Waals surface area contributed by atoms with Gasteiger partial charge >= 0.3 is 6.09 Å². The maximum atomic E-state index is 11.6. The summed E-state index contributed by atoms with van der Waals surface area (Å²) in [7, 11) is 0. The number of hydrogen-bond donors (Lipinski definition) is 1. The lowest BCUT2D eigenvalue weighted by Gasteiger charge is -2.31. The van der Waals surface area contributed by atoms with Crippen molar-refractivity contribution in [3.63, 3.8) is 0 Å². The summed E-state index contributed by atoms with van der Waals surface area (Å²) in [4.78, 5) is 17.6. The van der Waals surface area contributed by atoms with Crippen molar-refractivity contribution in [1.29, 1.82) is 0 Å². The number of carbonyl (C=O) groups is 1. The molecule has 6 heteroatoms. The molecule has 2 rings (SSSR count). The number of ether oxygens (including phenoxy) is 1. The second-order valence-corrected chi connectivity index (χ2v) is 5.01. The topological polar surface area (TPSA) is 59.4 Å². The molecule has 1 fully saturated rings. The predicted molar refractivity (Wildman–Crippen MR) is 76.4 cm³/mol. The molecule has 0 saturated carbocycles. The van der Waals surface area contributed by atoms with Gasteiger partial charge in [0.15, 0.2) is 0 Å². The average molecular weight is 280 g/mol. The molecule has 0 bridgehead atoms. The SMILES string of the molecule is CCOC(=O)N1CCC(NCc2cncn2CC)CC1. The van der Waals surface area contributed by atoms with E-state index in [0.29, 0.717) is 12.6 Å². The van der Waals surface area contributed by atoms with E-state index in [2.05, 4.69) is 21.8 Å². The van der Waals surface area contributed by atoms with Crippen LogP contribution in [0.1, 0.15) is 32.4 Å². The van der Waals surface area contributed by atoms with Crippen molar-refractivity contribution >= 4 is 6.09 Å². The minimum atomic E-state index is -0.185. The van der Waals surface area contributed by atoms with Gasteiger partial charge in [0.25, 0.3) is 0 Å². The Morgan fingerprint density at radius 3 is 2.85 bits per heavy atom. The summed E-state index contributed by atoms with van der Waals surface area (Å²) < 4.78 is 7.16. The molecule has 1 aliphatic heterocycles. The molecule has 1 aliphatic rings. The van der Waals surface area contributed by atoms with Crippen molar-refractivity contribution < 1.29 is 9.53 Å². The highest BCUT2D eigenvalue weighted by atomic mass is 16.6. The summed E-state index contributed by atoms with van der Waals surface area (Å²) in [5.74, 6) is 0. The van der Waals surface area contributed by atoms with Gasteiger partial charge in [-0.2, -0.15) is 0 Å². The Labute approximate surface area is 120 Å². The highest BCUT2D eigenvalue weighted by Crippen LogP contribution is 2.12. The fraction of sp³-hybridized carbons (Fsp3) is 0.714. The maximum Gasteiger partial charge on any atom is 0.409 e. The molecule has 2 heterocycles. The number of aromatic nitrogens is 2. The first kappa shape index (κ1) is 14.8. The van der Waals surface area contributed by atoms with Crippen molar-refractivity contribution in [2.45, 2.75) is 45.8 Å². The van der Waals surface area contributed by atoms with Crippen LogP contribution in [-0.2, 0) is 17.8 Å². The Morgan fingerprint density at radius 2 is 2.20 bits per heavy atom. The number of imidazole rings is 1. The monoisotopic (exact) mass is 280 g/mol. The summed E-state index contributed by atoms with van der Waals surface area (Å²) in [6.07, 6.45) is 5.53. The van der Waals surface area contributed by atoms with Gasteiger partial charge in [0.2, 0.25) is 0 Å². The highest BCUT2D eigenvalue weighted by Gasteiger charge is 2.23. The summed E-state index contributed by atoms with van der Waals surface area (Å²) in [5, 5.41) is 3.55. The van der Waals surface area contributed by atoms with E-state index in [4.69, 9.17) is 4.74 Å². The van der Waals surface area contributed by atoms with E-state index in [-0.39, 0.29) is 6.09 Å². The van der Waals surface area contributed by atoms with Gasteiger partial charge in [-0.05, 0) is 26.7 Å². The summed E-state index contributed by atoms with van der Waals surface area (Å²) in [5.41, 5.74) is 1.21. The van der Waals surface area contributed by atoms with E-state index < -0.39 is 0 Å². The molecule has 1 saturated heterocycles. The number of rotatable bonds is 5. The molecule has 20 heavy (non-hydrogen) atoms. The molecule has 1 amide bonds. The molecule has 0 unspecified atom stereocenters. The van der Waals surface area contributed by atoms with Gasteiger partial charge in [-0.25, -0.2) is 9.78 Å². The lowest BCUT2D eigenvalue weighted by atomic mass is 10.1. The van der Waals surface area contributed by atoms with E-state index in [1.54, 1.807) is 4.90 Å². The van der Waals surface area contributed by atoms with Crippen LogP contribution < -0.4 is 5.32 Å². The third-order valence-electron chi connectivity index (χ3n) is 3.73. The zero-order valence-corrected chi connectivity index (χ0v) is 12.3. The predicted octanol–water partition coefficient (Wildman–Crippen LogP) is 1.61. The van der Waals surface area contributed by atoms with Crippen LogP contribution in [0.5, 0.6) is 0 Å². The lowest BCUT2D eigenvalue weighted by molar-refractivity contribution is 0.0949. The molecule has 6 nitrogen and oxygen atoms in total. The van der Waals surface area contributed by atoms with Crippen LogP contribution in [0.2, 0.25) is 0 Å². The van der Waals surface area contributed by atoms with Gasteiger partial charge in [0.05, 0.1) is 18.6 Å². The quantitative estimate of drug-likeness (QED) is 0.890. The van der Waals surface area contributed by atoms with Crippen LogP contribution in [0, 0.1) is 0 Å². The number of nitrogens with zero attached hydrogens (tertiary/aromatic N) is 3. The normalized spacial score (nSPS) is 16.4. The Balaban J connectivity index is 1.73. The zero-order valence-electron chi connectivity index (χ0n) is 12.3. The Hall–Kier alpha value is -1.56. The molecule has 1 aromatic heterocycles. The average Bonchev–Trinajstić information content (AvgIpc) is 2.93. The van der Waals surface area contributed by atoms with Gasteiger partial charge in [-0.1, -0.05) is 0 Å². The molecule has 0 aliphatic carbocycles. The van der Waals surface area contributed by atoms with Crippen molar-refractivity contribution in [3.8, 4) is 0 Å². The van der Waals surface area contributed by atoms with Crippen molar-refractivity contribution in [2.24, 2.45) is 0 Å². The fourth-order valence-corrected chi connectivity index (χ4v) is 2.51. The molecule has 0 radical (unpaired) electrons. The number of piperidine rings is 1. The van der Waals surface area contributed by atoms with Gasteiger partial charge < -0.3 is 19.5 Å². The largest absolute Gasteiger partial charge is 0.450 e. The number of carbonyl (C=O) groups excluding carboxylic acids is 1. The smallest absolute Gasteiger partial charge is 0.409 e. The number of aryl methyl sites for hydroxylation is 1. The zero-order chi connectivity index (χ0) is 14.4. The van der Waals surface area contributed by atoms with Crippen molar-refractivity contribution in [3.05, 3.63) is 18.2 Å². The molecule has 0 aromatic carbocycles. The van der Waals surface area contributed by atoms with Crippen molar-refractivity contribution in [2.75, 3.05) is 19.7 Å². The molecular formula is C14H24N4O2. The second kappa shape index (κ2) is 7.28. The van der Waals surface area contributed by atoms with Gasteiger partial charge in [-0.15, -0.1) is 0 Å². The van der Waals surface area contributed by atoms with Gasteiger partial charge in [0, 0.05) is 38.4 Å². The minimum Gasteiger partial charge on any atom is -0.450 e. The van der Waals surface area contributed by atoms with Gasteiger partial charge in [0.1, 0.15) is 0 Å². The van der Waals surface area contributed by atoms with Crippen LogP contribution in [-0.4, -0.2) is 46.3 Å². The second-order valence-electron chi connectivity index (χ2n) is 5.01. The number of hydrogen-bond acceptors (Lipinski definition) is 4. The summed E-state index contributed by atoms with van der Waals surface area (Å²) >= 11 is 0. The standard InChI is InChI=1S/C14H24N4O2/c1-3-17-11-15-9-13(17)10-16-12-5-7-18(8-6-12)14(19)20-4-2/h9,11-12,16H,3-8,10H2,1-2H3. The molecule has 0 atom stereocenters. The molecule has 1 N–H and O–H groups in total. The lowest BCUT2D eigenvalue weighted by Crippen LogP contribution is -2.45. The van der Waals surface area contributed by atoms with E-state index in [9.17, 15) is 4.79 Å². The fourth-order valence-electron chi connectivity index (χ4n) is 2.51. The number of amides is 1. The van der Waals surface area contributed by atoms with Crippen LogP contribution >= 0.6 is 0 Å². The molecule has 112 valence electrons. The highest BCUT2D eigenvalue weighted by molar-refractivity contribution is 5.67. The van der Waals surface area contributed by atoms with E-state index in [1.807, 2.05) is 19.4 Å². The minimum absolute atomic E-state index is 0.185. The van der Waals surface area contributed by atoms with Crippen LogP contribution in [0.3, 0.4) is 0 Å². The number of nitrogens with one attached hydrogen (secondary N) is 1. The summed E-state index contributed by atoms with van der Waals surface area (Å²) in [6, 6.07) is 0.459. The van der Waals surface area contributed by atoms with E-state index in [0.717, 1.165) is 39.0 Å². The van der Waals surface area contributed by atoms with Crippen LogP contribution in [0.15, 0.2) is 12.5 Å². The number of likely N-dealkylation sites (tertiary alicyclic amines) is 1. The molecule has 1 aromatic rings. The third-order valence-corrected chi connectivity index (χ3v) is 3.73. The maximum absolute atomic E-state index is 11.6. The van der Waals surface area contributed by atoms with Crippen molar-refractivity contribution in [1.82, 2.24) is 19.8 Å². The Kier molecular flexibility index (Phi) is 5.40. The summed E-state index contributed by atoms with van der Waals surface area (Å²) in [6.45, 7) is 7.70. The molecule has 0 spiro atoms. The third kappa shape index (κ3) is 3.72. The van der Waals surface area contributed by atoms with Crippen LogP contribution in [0.25, 0.3) is 0 Å². The Bertz CT molecular complexity index is 425. The van der Waals surface area contributed by atoms with Crippen LogP contribution in [0.4, 0.5) is 4.79 Å². The Morgan fingerprint density at radius 1 is 1.45 bits per heavy atom. The van der Waals surface area contributed by atoms with Gasteiger partial charge in [-0.3, -0.25) is 0 Å².